The zero-order valence-electron chi connectivity index (χ0n) is 17.9. The van der Waals surface area contributed by atoms with Crippen molar-refractivity contribution in [3.63, 3.8) is 0 Å². The van der Waals surface area contributed by atoms with Crippen molar-refractivity contribution < 1.29 is 28.6 Å². The minimum absolute atomic E-state index is 0.333. The molecule has 0 aromatic heterocycles. The second-order valence-electron chi connectivity index (χ2n) is 9.71. The summed E-state index contributed by atoms with van der Waals surface area (Å²) in [5, 5.41) is 33.8. The van der Waals surface area contributed by atoms with Crippen LogP contribution in [0.15, 0.2) is 0 Å². The molecule has 10 heteroatoms. The maximum absolute atomic E-state index is 11.5. The van der Waals surface area contributed by atoms with Gasteiger partial charge in [0.15, 0.2) is 25.0 Å². The molecule has 0 radical (unpaired) electrons. The summed E-state index contributed by atoms with van der Waals surface area (Å²) in [6.45, 7) is 19.1. The van der Waals surface area contributed by atoms with Crippen LogP contribution in [-0.4, -0.2) is 68.4 Å². The van der Waals surface area contributed by atoms with Crippen LogP contribution in [0.5, 0.6) is 0 Å². The van der Waals surface area contributed by atoms with E-state index in [0.717, 1.165) is 0 Å². The van der Waals surface area contributed by atoms with Crippen molar-refractivity contribution in [1.82, 2.24) is 0 Å². The fourth-order valence-corrected chi connectivity index (χ4v) is 6.51. The van der Waals surface area contributed by atoms with Gasteiger partial charge in [-0.05, 0) is 58.9 Å². The molecule has 0 heterocycles. The summed E-state index contributed by atoms with van der Waals surface area (Å²) in [5.41, 5.74) is -0.333. The number of aliphatic hydroxyl groups excluding tert-OH is 1. The second-order valence-corrected chi connectivity index (χ2v) is 24.4. The van der Waals surface area contributed by atoms with Crippen LogP contribution in [-0.2, 0) is 13.3 Å². The van der Waals surface area contributed by atoms with E-state index in [0.29, 0.717) is 16.7 Å². The lowest BCUT2D eigenvalue weighted by molar-refractivity contribution is -0.395. The smallest absolute Gasteiger partial charge is 0.262 e. The molecule has 0 aliphatic carbocycles. The first kappa shape index (κ1) is 25.6. The van der Waals surface area contributed by atoms with E-state index in [4.69, 9.17) is 13.3 Å². The zero-order valence-corrected chi connectivity index (χ0v) is 22.9. The first-order valence-corrected chi connectivity index (χ1v) is 20.4. The predicted octanol–water partition coefficient (Wildman–Crippen LogP) is 1.80. The topological polar surface area (TPSA) is 88.4 Å². The maximum Gasteiger partial charge on any atom is 0.262 e. The van der Waals surface area contributed by atoms with E-state index >= 15 is 0 Å². The van der Waals surface area contributed by atoms with Crippen molar-refractivity contribution >= 4 is 35.2 Å². The number of hydrogen-bond donors (Lipinski definition) is 3. The molecule has 0 saturated heterocycles. The van der Waals surface area contributed by atoms with Gasteiger partial charge in [-0.3, -0.25) is 0 Å². The van der Waals surface area contributed by atoms with Gasteiger partial charge in [0.2, 0.25) is 12.1 Å². The molecule has 0 saturated carbocycles. The number of rotatable bonds is 10. The highest BCUT2D eigenvalue weighted by Crippen LogP contribution is 2.43. The molecule has 0 aromatic carbocycles. The van der Waals surface area contributed by atoms with Gasteiger partial charge < -0.3 is 28.6 Å². The van der Waals surface area contributed by atoms with Gasteiger partial charge in [-0.25, -0.2) is 0 Å². The molecule has 3 N–H and O–H groups in total. The molecule has 0 aromatic rings. The van der Waals surface area contributed by atoms with Crippen LogP contribution in [0.3, 0.4) is 0 Å². The van der Waals surface area contributed by atoms with Gasteiger partial charge in [-0.15, -0.1) is 0 Å². The van der Waals surface area contributed by atoms with E-state index in [9.17, 15) is 15.3 Å². The van der Waals surface area contributed by atoms with E-state index in [1.807, 2.05) is 65.8 Å². The molecule has 152 valence electrons. The third-order valence-electron chi connectivity index (χ3n) is 3.52. The minimum atomic E-state index is -2.36. The summed E-state index contributed by atoms with van der Waals surface area (Å²) >= 11 is 0. The first-order chi connectivity index (χ1) is 10.8. The highest BCUT2D eigenvalue weighted by Gasteiger charge is 2.62. The van der Waals surface area contributed by atoms with Crippen molar-refractivity contribution in [2.45, 2.75) is 95.7 Å². The summed E-state index contributed by atoms with van der Waals surface area (Å²) < 4.78 is 17.8. The molecule has 25 heavy (non-hydrogen) atoms. The van der Waals surface area contributed by atoms with Gasteiger partial charge in [-0.2, -0.15) is 0 Å². The molecular formula is C15H40O6Si4. The van der Waals surface area contributed by atoms with E-state index in [1.54, 1.807) is 0 Å². The van der Waals surface area contributed by atoms with Crippen LogP contribution in [0.1, 0.15) is 13.3 Å². The zero-order chi connectivity index (χ0) is 20.5. The lowest BCUT2D eigenvalue weighted by Gasteiger charge is -2.52. The van der Waals surface area contributed by atoms with Crippen LogP contribution >= 0.6 is 0 Å². The second kappa shape index (κ2) is 8.33. The average Bonchev–Trinajstić information content (AvgIpc) is 2.30. The Morgan fingerprint density at radius 1 is 0.800 bits per heavy atom. The molecule has 0 fully saturated rings. The SMILES string of the molecule is CCC([SiH3])C(O)(O[Si](C)(C)C)C(O)(O[Si](C)(C)C)C(O)O[Si](C)(C)C. The summed E-state index contributed by atoms with van der Waals surface area (Å²) in [6, 6.07) is 0. The molecular weight excluding hydrogens is 389 g/mol. The van der Waals surface area contributed by atoms with Crippen molar-refractivity contribution in [3.05, 3.63) is 0 Å². The van der Waals surface area contributed by atoms with Crippen LogP contribution in [0, 0.1) is 0 Å². The molecule has 0 amide bonds. The quantitative estimate of drug-likeness (QED) is 0.363. The Balaban J connectivity index is 6.27. The molecule has 0 spiro atoms. The summed E-state index contributed by atoms with van der Waals surface area (Å²) in [4.78, 5) is 0. The predicted molar refractivity (Wildman–Crippen MR) is 113 cm³/mol. The Hall–Kier alpha value is 0.628. The first-order valence-electron chi connectivity index (χ1n) is 8.98. The van der Waals surface area contributed by atoms with Crippen molar-refractivity contribution in [2.24, 2.45) is 0 Å². The lowest BCUT2D eigenvalue weighted by Crippen LogP contribution is -2.71. The van der Waals surface area contributed by atoms with Crippen LogP contribution in [0.25, 0.3) is 0 Å². The van der Waals surface area contributed by atoms with Crippen molar-refractivity contribution in [1.29, 1.82) is 0 Å². The van der Waals surface area contributed by atoms with Crippen molar-refractivity contribution in [3.8, 4) is 0 Å². The monoisotopic (exact) mass is 428 g/mol. The highest BCUT2D eigenvalue weighted by atomic mass is 28.4. The molecule has 0 rings (SSSR count). The number of aliphatic hydroxyl groups is 3. The van der Waals surface area contributed by atoms with Gasteiger partial charge in [0.05, 0.1) is 0 Å². The Morgan fingerprint density at radius 2 is 1.16 bits per heavy atom. The summed E-state index contributed by atoms with van der Waals surface area (Å²) in [6.07, 6.45) is -1.08. The third-order valence-corrected chi connectivity index (χ3v) is 7.89. The molecule has 4 unspecified atom stereocenters. The minimum Gasteiger partial charge on any atom is -0.389 e. The molecule has 4 atom stereocenters. The van der Waals surface area contributed by atoms with Gasteiger partial charge in [0, 0.05) is 15.8 Å². The Kier molecular flexibility index (Phi) is 8.54. The van der Waals surface area contributed by atoms with E-state index in [2.05, 4.69) is 0 Å². The van der Waals surface area contributed by atoms with Crippen LogP contribution < -0.4 is 0 Å². The average molecular weight is 429 g/mol. The van der Waals surface area contributed by atoms with Gasteiger partial charge in [-0.1, -0.05) is 13.3 Å². The fraction of sp³-hybridized carbons (Fsp3) is 1.00. The largest absolute Gasteiger partial charge is 0.389 e. The van der Waals surface area contributed by atoms with E-state index in [-0.39, 0.29) is 5.54 Å². The molecule has 6 nitrogen and oxygen atoms in total. The maximum atomic E-state index is 11.5. The molecule has 0 aliphatic heterocycles. The summed E-state index contributed by atoms with van der Waals surface area (Å²) in [7, 11) is -6.27. The number of hydrogen-bond acceptors (Lipinski definition) is 6. The van der Waals surface area contributed by atoms with Crippen molar-refractivity contribution in [2.75, 3.05) is 0 Å². The van der Waals surface area contributed by atoms with Crippen LogP contribution in [0.4, 0.5) is 0 Å². The summed E-state index contributed by atoms with van der Waals surface area (Å²) in [5.74, 6) is -4.35. The van der Waals surface area contributed by atoms with Crippen LogP contribution in [0.2, 0.25) is 64.5 Å². The Labute approximate surface area is 159 Å². The van der Waals surface area contributed by atoms with Gasteiger partial charge in [0.1, 0.15) is 0 Å². The lowest BCUT2D eigenvalue weighted by atomic mass is 9.99. The highest BCUT2D eigenvalue weighted by molar-refractivity contribution is 6.70. The third kappa shape index (κ3) is 7.64. The Morgan fingerprint density at radius 3 is 1.44 bits per heavy atom. The molecule has 0 bridgehead atoms. The fourth-order valence-electron chi connectivity index (χ4n) is 2.45. The normalized spacial score (nSPS) is 21.5. The molecule has 0 aliphatic rings. The van der Waals surface area contributed by atoms with Gasteiger partial charge in [0.25, 0.3) is 5.79 Å². The van der Waals surface area contributed by atoms with E-state index < -0.39 is 42.8 Å². The standard InChI is InChI=1S/C15H40O6Si4/c1-11-12(22)14(17,20-24(5,6)7)15(18,21-25(8,9)10)13(16)19-23(2,3)4/h12-13,16-18H,11H2,1-10,22H3. The van der Waals surface area contributed by atoms with E-state index in [1.165, 1.54) is 0 Å². The van der Waals surface area contributed by atoms with Gasteiger partial charge >= 0.3 is 0 Å². The Bertz CT molecular complexity index is 431.